The van der Waals surface area contributed by atoms with E-state index in [1.807, 2.05) is 38.1 Å². The Labute approximate surface area is 182 Å². The van der Waals surface area contributed by atoms with Gasteiger partial charge in [0.15, 0.2) is 0 Å². The Kier molecular flexibility index (Phi) is 6.45. The number of nitrogens with two attached hydrogens (primary N) is 1. The number of nitrogens with one attached hydrogen (secondary N) is 1. The van der Waals surface area contributed by atoms with Crippen LogP contribution < -0.4 is 16.0 Å². The molecule has 2 aromatic rings. The van der Waals surface area contributed by atoms with E-state index in [9.17, 15) is 19.5 Å². The Morgan fingerprint density at radius 3 is 2.45 bits per heavy atom. The minimum absolute atomic E-state index is 0.0830. The molecule has 0 saturated carbocycles. The normalized spacial score (nSPS) is 17.4. The maximum atomic E-state index is 13.6. The van der Waals surface area contributed by atoms with Gasteiger partial charge in [-0.15, -0.1) is 0 Å². The second kappa shape index (κ2) is 8.89. The van der Waals surface area contributed by atoms with Crippen LogP contribution in [-0.4, -0.2) is 35.0 Å². The van der Waals surface area contributed by atoms with Crippen LogP contribution in [0.15, 0.2) is 42.5 Å². The second-order valence-corrected chi connectivity index (χ2v) is 8.45. The molecule has 1 aliphatic rings. The summed E-state index contributed by atoms with van der Waals surface area (Å²) < 4.78 is 0. The molecule has 7 heteroatoms. The van der Waals surface area contributed by atoms with Crippen LogP contribution >= 0.6 is 0 Å². The third kappa shape index (κ3) is 4.32. The highest BCUT2D eigenvalue weighted by Crippen LogP contribution is 2.44. The van der Waals surface area contributed by atoms with Gasteiger partial charge in [0.1, 0.15) is 6.04 Å². The van der Waals surface area contributed by atoms with Gasteiger partial charge in [-0.05, 0) is 43.0 Å². The van der Waals surface area contributed by atoms with Crippen LogP contribution in [-0.2, 0) is 14.4 Å². The quantitative estimate of drug-likeness (QED) is 0.640. The molecule has 2 aromatic carbocycles. The molecule has 0 aliphatic carbocycles. The molecule has 3 atom stereocenters. The Hall–Kier alpha value is -3.19. The number of amides is 3. The molecule has 3 amide bonds. The van der Waals surface area contributed by atoms with Crippen molar-refractivity contribution in [1.82, 2.24) is 5.32 Å². The van der Waals surface area contributed by atoms with Gasteiger partial charge in [-0.25, -0.2) is 4.90 Å². The van der Waals surface area contributed by atoms with E-state index in [1.165, 1.54) is 6.92 Å². The van der Waals surface area contributed by atoms with Gasteiger partial charge in [0.05, 0.1) is 17.7 Å². The summed E-state index contributed by atoms with van der Waals surface area (Å²) in [5.41, 5.74) is 9.19. The van der Waals surface area contributed by atoms with Crippen molar-refractivity contribution in [2.45, 2.75) is 52.2 Å². The predicted octanol–water partition coefficient (Wildman–Crippen LogP) is 2.82. The fraction of sp³-hybridized carbons (Fsp3) is 0.375. The number of aliphatic hydroxyl groups excluding tert-OH is 1. The summed E-state index contributed by atoms with van der Waals surface area (Å²) >= 11 is 0. The number of nitrogen functional groups attached to an aromatic ring is 1. The maximum absolute atomic E-state index is 13.6. The molecule has 0 spiro atoms. The molecule has 0 radical (unpaired) electrons. The Morgan fingerprint density at radius 1 is 1.13 bits per heavy atom. The minimum atomic E-state index is -1.27. The highest BCUT2D eigenvalue weighted by Gasteiger charge is 2.40. The van der Waals surface area contributed by atoms with Crippen LogP contribution in [0.1, 0.15) is 45.6 Å². The third-order valence-electron chi connectivity index (χ3n) is 5.48. The standard InChI is InChI=1S/C24H29N3O4/c1-13(2)12-20(29)26-22(15(4)28)24(31)27-19-11-7-10-18(25)21(19)17-9-6-5-8-16(17)14(3)23(27)30/h5-11,13-15,22,28H,12,25H2,1-4H3,(H,26,29)/t14?,15-,22+/m1/s1. The monoisotopic (exact) mass is 423 g/mol. The van der Waals surface area contributed by atoms with Gasteiger partial charge in [0.2, 0.25) is 11.8 Å². The van der Waals surface area contributed by atoms with E-state index in [0.717, 1.165) is 16.0 Å². The van der Waals surface area contributed by atoms with Crippen molar-refractivity contribution in [2.75, 3.05) is 10.6 Å². The first-order chi connectivity index (χ1) is 14.6. The Balaban J connectivity index is 2.12. The average Bonchev–Trinajstić information content (AvgIpc) is 2.79. The molecule has 1 aliphatic heterocycles. The SMILES string of the molecule is CC(C)CC(=O)N[C@H](C(=O)N1C(=O)C(C)c2ccccc2-c2c(N)cccc21)[C@@H](C)O. The molecule has 164 valence electrons. The van der Waals surface area contributed by atoms with Crippen LogP contribution in [0.25, 0.3) is 11.1 Å². The van der Waals surface area contributed by atoms with E-state index >= 15 is 0 Å². The summed E-state index contributed by atoms with van der Waals surface area (Å²) in [5, 5.41) is 12.9. The number of nitrogens with zero attached hydrogens (tertiary/aromatic N) is 1. The molecule has 3 rings (SSSR count). The summed E-state index contributed by atoms with van der Waals surface area (Å²) in [4.78, 5) is 40.5. The van der Waals surface area contributed by atoms with Crippen LogP contribution in [0.4, 0.5) is 11.4 Å². The zero-order valence-electron chi connectivity index (χ0n) is 18.3. The van der Waals surface area contributed by atoms with Crippen LogP contribution in [0.5, 0.6) is 0 Å². The fourth-order valence-electron chi connectivity index (χ4n) is 3.94. The lowest BCUT2D eigenvalue weighted by atomic mass is 9.92. The number of hydrogen-bond donors (Lipinski definition) is 3. The van der Waals surface area contributed by atoms with Crippen molar-refractivity contribution in [3.63, 3.8) is 0 Å². The molecule has 0 saturated heterocycles. The number of carbonyl (C=O) groups excluding carboxylic acids is 3. The average molecular weight is 424 g/mol. The maximum Gasteiger partial charge on any atom is 0.259 e. The van der Waals surface area contributed by atoms with Crippen LogP contribution in [0, 0.1) is 5.92 Å². The summed E-state index contributed by atoms with van der Waals surface area (Å²) in [6.45, 7) is 6.92. The van der Waals surface area contributed by atoms with E-state index in [2.05, 4.69) is 5.32 Å². The topological polar surface area (TPSA) is 113 Å². The molecule has 31 heavy (non-hydrogen) atoms. The number of fused-ring (bicyclic) bond motifs is 3. The Morgan fingerprint density at radius 2 is 1.81 bits per heavy atom. The first-order valence-corrected chi connectivity index (χ1v) is 10.5. The van der Waals surface area contributed by atoms with E-state index in [-0.39, 0.29) is 18.2 Å². The number of anilines is 2. The molecule has 0 aromatic heterocycles. The molecular formula is C24H29N3O4. The number of hydrogen-bond acceptors (Lipinski definition) is 5. The van der Waals surface area contributed by atoms with Crippen molar-refractivity contribution in [2.24, 2.45) is 5.92 Å². The molecule has 7 nitrogen and oxygen atoms in total. The first kappa shape index (κ1) is 22.5. The van der Waals surface area contributed by atoms with Crippen molar-refractivity contribution in [3.05, 3.63) is 48.0 Å². The van der Waals surface area contributed by atoms with Crippen LogP contribution in [0.3, 0.4) is 0 Å². The summed E-state index contributed by atoms with van der Waals surface area (Å²) in [6, 6.07) is 11.2. The smallest absolute Gasteiger partial charge is 0.259 e. The lowest BCUT2D eigenvalue weighted by molar-refractivity contribution is -0.133. The zero-order chi connectivity index (χ0) is 22.9. The summed E-state index contributed by atoms with van der Waals surface area (Å²) in [5.74, 6) is -2.03. The van der Waals surface area contributed by atoms with Crippen LogP contribution in [0.2, 0.25) is 0 Å². The van der Waals surface area contributed by atoms with Gasteiger partial charge in [-0.3, -0.25) is 14.4 Å². The predicted molar refractivity (Wildman–Crippen MR) is 120 cm³/mol. The van der Waals surface area contributed by atoms with Crippen molar-refractivity contribution in [3.8, 4) is 11.1 Å². The summed E-state index contributed by atoms with van der Waals surface area (Å²) in [7, 11) is 0. The van der Waals surface area contributed by atoms with Gasteiger partial charge >= 0.3 is 0 Å². The van der Waals surface area contributed by atoms with E-state index < -0.39 is 29.9 Å². The summed E-state index contributed by atoms with van der Waals surface area (Å²) in [6.07, 6.45) is -0.989. The van der Waals surface area contributed by atoms with Gasteiger partial charge in [0, 0.05) is 17.7 Å². The van der Waals surface area contributed by atoms with Gasteiger partial charge < -0.3 is 16.2 Å². The molecular weight excluding hydrogens is 394 g/mol. The molecule has 0 fully saturated rings. The number of aliphatic hydroxyl groups is 1. The van der Waals surface area contributed by atoms with Gasteiger partial charge in [0.25, 0.3) is 5.91 Å². The third-order valence-corrected chi connectivity index (χ3v) is 5.48. The fourth-order valence-corrected chi connectivity index (χ4v) is 3.94. The number of rotatable bonds is 5. The lowest BCUT2D eigenvalue weighted by Crippen LogP contribution is -2.56. The lowest BCUT2D eigenvalue weighted by Gasteiger charge is -2.29. The molecule has 1 unspecified atom stereocenters. The van der Waals surface area contributed by atoms with E-state index in [1.54, 1.807) is 25.1 Å². The second-order valence-electron chi connectivity index (χ2n) is 8.45. The van der Waals surface area contributed by atoms with Gasteiger partial charge in [-0.1, -0.05) is 44.2 Å². The zero-order valence-corrected chi connectivity index (χ0v) is 18.3. The van der Waals surface area contributed by atoms with Crippen molar-refractivity contribution < 1.29 is 19.5 Å². The molecule has 4 N–H and O–H groups in total. The van der Waals surface area contributed by atoms with Gasteiger partial charge in [-0.2, -0.15) is 0 Å². The van der Waals surface area contributed by atoms with Crippen molar-refractivity contribution in [1.29, 1.82) is 0 Å². The largest absolute Gasteiger partial charge is 0.398 e. The number of imide groups is 1. The number of carbonyl (C=O) groups is 3. The number of benzene rings is 2. The van der Waals surface area contributed by atoms with Crippen molar-refractivity contribution >= 4 is 29.1 Å². The van der Waals surface area contributed by atoms with E-state index in [0.29, 0.717) is 16.9 Å². The molecule has 0 bridgehead atoms. The first-order valence-electron chi connectivity index (χ1n) is 10.5. The highest BCUT2D eigenvalue weighted by molar-refractivity contribution is 6.22. The Bertz CT molecular complexity index is 1020. The highest BCUT2D eigenvalue weighted by atomic mass is 16.3. The van der Waals surface area contributed by atoms with E-state index in [4.69, 9.17) is 5.73 Å². The molecule has 1 heterocycles. The minimum Gasteiger partial charge on any atom is -0.398 e.